The number of benzene rings is 1. The third-order valence-corrected chi connectivity index (χ3v) is 5.99. The summed E-state index contributed by atoms with van der Waals surface area (Å²) in [4.78, 5) is 13.4. The number of carbonyl (C=O) groups excluding carboxylic acids is 1. The van der Waals surface area contributed by atoms with E-state index >= 15 is 0 Å². The number of hydrogen-bond acceptors (Lipinski definition) is 4. The van der Waals surface area contributed by atoms with E-state index in [1.165, 1.54) is 4.88 Å². The van der Waals surface area contributed by atoms with Gasteiger partial charge in [-0.2, -0.15) is 0 Å². The molecule has 2 amide bonds. The van der Waals surface area contributed by atoms with Crippen LogP contribution in [0.25, 0.3) is 0 Å². The third-order valence-electron chi connectivity index (χ3n) is 4.70. The molecule has 0 aliphatic carbocycles. The first-order chi connectivity index (χ1) is 11.8. The van der Waals surface area contributed by atoms with Gasteiger partial charge in [-0.1, -0.05) is 17.7 Å². The highest BCUT2D eigenvalue weighted by Crippen LogP contribution is 2.49. The number of rotatable bonds is 1. The van der Waals surface area contributed by atoms with Crippen molar-refractivity contribution in [3.8, 4) is 11.5 Å². The molecule has 2 aromatic rings. The maximum Gasteiger partial charge on any atom is 0.318 e. The molecule has 7 heteroatoms. The quantitative estimate of drug-likeness (QED) is 0.696. The Morgan fingerprint density at radius 1 is 1.36 bits per heavy atom. The zero-order chi connectivity index (χ0) is 17.8. The van der Waals surface area contributed by atoms with Crippen LogP contribution in [0.2, 0.25) is 5.02 Å². The SMILES string of the molecule is CC1(C)C[C@@]2(C[C@H](c3cccs3)c3cc(Cl)c(O)cc3O2)NC(=O)N1. The molecule has 1 fully saturated rings. The van der Waals surface area contributed by atoms with Crippen molar-refractivity contribution in [2.45, 2.75) is 43.9 Å². The molecule has 2 aliphatic heterocycles. The molecule has 25 heavy (non-hydrogen) atoms. The third kappa shape index (κ3) is 2.93. The zero-order valence-corrected chi connectivity index (χ0v) is 15.5. The molecule has 1 spiro atoms. The number of phenols is 1. The predicted octanol–water partition coefficient (Wildman–Crippen LogP) is 4.20. The van der Waals surface area contributed by atoms with Crippen LogP contribution in [0.5, 0.6) is 11.5 Å². The van der Waals surface area contributed by atoms with Crippen molar-refractivity contribution in [1.82, 2.24) is 10.6 Å². The number of thiophene rings is 1. The van der Waals surface area contributed by atoms with Crippen molar-refractivity contribution in [1.29, 1.82) is 0 Å². The van der Waals surface area contributed by atoms with E-state index in [1.54, 1.807) is 23.5 Å². The van der Waals surface area contributed by atoms with Gasteiger partial charge in [0.1, 0.15) is 11.5 Å². The predicted molar refractivity (Wildman–Crippen MR) is 97.6 cm³/mol. The van der Waals surface area contributed by atoms with Crippen LogP contribution < -0.4 is 15.4 Å². The Kier molecular flexibility index (Phi) is 3.67. The van der Waals surface area contributed by atoms with E-state index in [0.29, 0.717) is 23.6 Å². The van der Waals surface area contributed by atoms with Crippen LogP contribution in [0.1, 0.15) is 43.0 Å². The topological polar surface area (TPSA) is 70.6 Å². The normalized spacial score (nSPS) is 27.2. The fraction of sp³-hybridized carbons (Fsp3) is 0.389. The minimum absolute atomic E-state index is 0.0260. The number of amides is 2. The highest BCUT2D eigenvalue weighted by Gasteiger charge is 2.50. The van der Waals surface area contributed by atoms with Gasteiger partial charge in [0.05, 0.1) is 5.02 Å². The molecule has 1 aromatic heterocycles. The maximum atomic E-state index is 12.2. The molecular weight excluding hydrogens is 360 g/mol. The second kappa shape index (κ2) is 5.54. The molecule has 0 saturated carbocycles. The number of urea groups is 1. The van der Waals surface area contributed by atoms with Crippen LogP contribution in [0.15, 0.2) is 29.6 Å². The smallest absolute Gasteiger partial charge is 0.318 e. The van der Waals surface area contributed by atoms with Crippen LogP contribution in [-0.4, -0.2) is 22.4 Å². The molecular formula is C18H19ClN2O3S. The number of hydrogen-bond donors (Lipinski definition) is 3. The zero-order valence-electron chi connectivity index (χ0n) is 13.9. The molecule has 2 atom stereocenters. The molecule has 1 aromatic carbocycles. The lowest BCUT2D eigenvalue weighted by atomic mass is 9.79. The van der Waals surface area contributed by atoms with Gasteiger partial charge >= 0.3 is 6.03 Å². The number of halogens is 1. The second-order valence-corrected chi connectivity index (χ2v) is 8.74. The minimum Gasteiger partial charge on any atom is -0.506 e. The molecule has 2 aliphatic rings. The average molecular weight is 379 g/mol. The van der Waals surface area contributed by atoms with E-state index in [2.05, 4.69) is 16.7 Å². The number of carbonyl (C=O) groups is 1. The number of phenolic OH excluding ortho intramolecular Hbond substituents is 1. The number of fused-ring (bicyclic) bond motifs is 1. The summed E-state index contributed by atoms with van der Waals surface area (Å²) in [6.07, 6.45) is 1.22. The average Bonchev–Trinajstić information content (AvgIpc) is 3.00. The molecule has 1 saturated heterocycles. The summed E-state index contributed by atoms with van der Waals surface area (Å²) in [5.74, 6) is 0.572. The van der Waals surface area contributed by atoms with Crippen LogP contribution >= 0.6 is 22.9 Å². The number of aromatic hydroxyl groups is 1. The second-order valence-electron chi connectivity index (χ2n) is 7.35. The van der Waals surface area contributed by atoms with Gasteiger partial charge in [0.2, 0.25) is 0 Å². The molecule has 3 heterocycles. The fourth-order valence-corrected chi connectivity index (χ4v) is 4.90. The summed E-state index contributed by atoms with van der Waals surface area (Å²) in [7, 11) is 0. The van der Waals surface area contributed by atoms with E-state index < -0.39 is 11.3 Å². The molecule has 0 unspecified atom stereocenters. The summed E-state index contributed by atoms with van der Waals surface area (Å²) in [6.45, 7) is 3.96. The summed E-state index contributed by atoms with van der Waals surface area (Å²) >= 11 is 7.80. The number of ether oxygens (including phenoxy) is 1. The lowest BCUT2D eigenvalue weighted by molar-refractivity contribution is -0.0233. The molecule has 3 N–H and O–H groups in total. The fourth-order valence-electron chi connectivity index (χ4n) is 3.89. The Hall–Kier alpha value is -1.92. The Bertz CT molecular complexity index is 837. The monoisotopic (exact) mass is 378 g/mol. The lowest BCUT2D eigenvalue weighted by Crippen LogP contribution is -2.69. The van der Waals surface area contributed by atoms with Gasteiger partial charge in [-0.25, -0.2) is 4.79 Å². The Labute approximate surface area is 155 Å². The van der Waals surface area contributed by atoms with Crippen molar-refractivity contribution in [3.05, 3.63) is 45.1 Å². The summed E-state index contributed by atoms with van der Waals surface area (Å²) in [6, 6.07) is 7.14. The molecule has 0 bridgehead atoms. The summed E-state index contributed by atoms with van der Waals surface area (Å²) in [5.41, 5.74) is -0.288. The Morgan fingerprint density at radius 2 is 2.16 bits per heavy atom. The van der Waals surface area contributed by atoms with Crippen LogP contribution in [-0.2, 0) is 0 Å². The highest BCUT2D eigenvalue weighted by atomic mass is 35.5. The van der Waals surface area contributed by atoms with Crippen LogP contribution in [0.3, 0.4) is 0 Å². The highest BCUT2D eigenvalue weighted by molar-refractivity contribution is 7.10. The van der Waals surface area contributed by atoms with E-state index in [4.69, 9.17) is 16.3 Å². The van der Waals surface area contributed by atoms with Gasteiger partial charge in [-0.05, 0) is 31.4 Å². The van der Waals surface area contributed by atoms with Gasteiger partial charge in [0.15, 0.2) is 5.72 Å². The molecule has 0 radical (unpaired) electrons. The van der Waals surface area contributed by atoms with Gasteiger partial charge < -0.3 is 20.5 Å². The van der Waals surface area contributed by atoms with Crippen molar-refractivity contribution in [3.63, 3.8) is 0 Å². The van der Waals surface area contributed by atoms with Gasteiger partial charge in [0, 0.05) is 40.8 Å². The van der Waals surface area contributed by atoms with Gasteiger partial charge in [-0.15, -0.1) is 11.3 Å². The summed E-state index contributed by atoms with van der Waals surface area (Å²) < 4.78 is 6.24. The van der Waals surface area contributed by atoms with Crippen molar-refractivity contribution >= 4 is 29.0 Å². The van der Waals surface area contributed by atoms with Gasteiger partial charge in [-0.3, -0.25) is 0 Å². The van der Waals surface area contributed by atoms with Crippen molar-refractivity contribution in [2.75, 3.05) is 0 Å². The first kappa shape index (κ1) is 16.5. The van der Waals surface area contributed by atoms with Crippen LogP contribution in [0, 0.1) is 0 Å². The lowest BCUT2D eigenvalue weighted by Gasteiger charge is -2.49. The van der Waals surface area contributed by atoms with E-state index in [1.807, 2.05) is 25.3 Å². The summed E-state index contributed by atoms with van der Waals surface area (Å²) in [5, 5.41) is 18.3. The van der Waals surface area contributed by atoms with Crippen molar-refractivity contribution in [2.24, 2.45) is 0 Å². The van der Waals surface area contributed by atoms with E-state index in [-0.39, 0.29) is 17.7 Å². The standard InChI is InChI=1S/C18H19ClN2O3S/c1-17(2)9-18(21-16(23)20-17)8-11(15-4-3-5-25-15)10-6-12(19)13(22)7-14(10)24-18/h3-7,11,22H,8-9H2,1-2H3,(H2,20,21,23)/t11-,18-/m0/s1. The molecule has 4 rings (SSSR count). The first-order valence-electron chi connectivity index (χ1n) is 8.12. The van der Waals surface area contributed by atoms with E-state index in [9.17, 15) is 9.90 Å². The minimum atomic E-state index is -0.826. The van der Waals surface area contributed by atoms with Crippen molar-refractivity contribution < 1.29 is 14.6 Å². The largest absolute Gasteiger partial charge is 0.506 e. The molecule has 132 valence electrons. The van der Waals surface area contributed by atoms with E-state index in [0.717, 1.165) is 5.56 Å². The first-order valence-corrected chi connectivity index (χ1v) is 9.38. The maximum absolute atomic E-state index is 12.2. The molecule has 5 nitrogen and oxygen atoms in total. The van der Waals surface area contributed by atoms with Crippen LogP contribution in [0.4, 0.5) is 4.79 Å². The Morgan fingerprint density at radius 3 is 2.84 bits per heavy atom. The number of nitrogens with one attached hydrogen (secondary N) is 2. The Balaban J connectivity index is 1.83. The van der Waals surface area contributed by atoms with Gasteiger partial charge in [0.25, 0.3) is 0 Å².